The Hall–Kier alpha value is -4.30. The summed E-state index contributed by atoms with van der Waals surface area (Å²) in [5, 5.41) is 16.5. The van der Waals surface area contributed by atoms with Gasteiger partial charge >= 0.3 is 5.97 Å². The summed E-state index contributed by atoms with van der Waals surface area (Å²) in [7, 11) is 0. The minimum absolute atomic E-state index is 0.0635. The number of carboxylic acids is 1. The molecule has 7 nitrogen and oxygen atoms in total. The van der Waals surface area contributed by atoms with E-state index in [1.54, 1.807) is 30.5 Å². The second kappa shape index (κ2) is 10.5. The molecule has 42 heavy (non-hydrogen) atoms. The molecule has 0 radical (unpaired) electrons. The third-order valence-corrected chi connectivity index (χ3v) is 8.23. The number of rotatable bonds is 5. The van der Waals surface area contributed by atoms with Crippen molar-refractivity contribution in [1.82, 2.24) is 14.3 Å². The monoisotopic (exact) mass is 567 g/mol. The maximum Gasteiger partial charge on any atom is 0.336 e. The molecule has 8 heteroatoms. The van der Waals surface area contributed by atoms with E-state index in [-0.39, 0.29) is 23.2 Å². The Labute approximate surface area is 243 Å². The zero-order valence-corrected chi connectivity index (χ0v) is 24.3. The first-order valence-electron chi connectivity index (χ1n) is 14.4. The molecule has 3 heterocycles. The Morgan fingerprint density at radius 1 is 1.02 bits per heavy atom. The van der Waals surface area contributed by atoms with Crippen LogP contribution in [0.2, 0.25) is 0 Å². The van der Waals surface area contributed by atoms with Gasteiger partial charge in [-0.2, -0.15) is 9.78 Å². The topological polar surface area (TPSA) is 86.3 Å². The fourth-order valence-electron chi connectivity index (χ4n) is 6.16. The molecule has 1 aliphatic heterocycles. The Morgan fingerprint density at radius 3 is 2.38 bits per heavy atom. The van der Waals surface area contributed by atoms with Gasteiger partial charge in [0.25, 0.3) is 5.91 Å². The molecule has 1 fully saturated rings. The quantitative estimate of drug-likeness (QED) is 0.236. The van der Waals surface area contributed by atoms with E-state index >= 15 is 0 Å². The molecule has 3 aromatic carbocycles. The van der Waals surface area contributed by atoms with Gasteiger partial charge in [-0.15, -0.1) is 0 Å². The summed E-state index contributed by atoms with van der Waals surface area (Å²) < 4.78 is 23.5. The number of aromatic carboxylic acids is 1. The fraction of sp³-hybridized carbons (Fsp3) is 0.324. The molecule has 1 saturated heterocycles. The van der Waals surface area contributed by atoms with E-state index in [1.807, 2.05) is 45.9 Å². The minimum atomic E-state index is -1.00. The summed E-state index contributed by atoms with van der Waals surface area (Å²) in [4.78, 5) is 26.1. The number of halogens is 1. The highest BCUT2D eigenvalue weighted by atomic mass is 19.1. The SMILES string of the molecule is CCc1cccc(C(=O)O)c1-c1c(C2CCOCC2)n(-c2ccc(F)cc2)c2cc3cnn(C(=O)C(C)(C)C)c3cc12. The van der Waals surface area contributed by atoms with Gasteiger partial charge in [-0.25, -0.2) is 9.18 Å². The molecule has 6 rings (SSSR count). The minimum Gasteiger partial charge on any atom is -0.478 e. The van der Waals surface area contributed by atoms with Crippen molar-refractivity contribution in [3.05, 3.63) is 83.4 Å². The molecule has 5 aromatic rings. The van der Waals surface area contributed by atoms with E-state index in [0.717, 1.165) is 51.6 Å². The van der Waals surface area contributed by atoms with E-state index in [2.05, 4.69) is 9.67 Å². The Kier molecular flexibility index (Phi) is 6.97. The van der Waals surface area contributed by atoms with Gasteiger partial charge in [0.2, 0.25) is 0 Å². The smallest absolute Gasteiger partial charge is 0.336 e. The largest absolute Gasteiger partial charge is 0.478 e. The van der Waals surface area contributed by atoms with Crippen LogP contribution in [0.1, 0.15) is 72.9 Å². The lowest BCUT2D eigenvalue weighted by atomic mass is 9.85. The number of fused-ring (bicyclic) bond motifs is 2. The maximum absolute atomic E-state index is 14.1. The molecule has 0 unspecified atom stereocenters. The predicted molar refractivity (Wildman–Crippen MR) is 161 cm³/mol. The van der Waals surface area contributed by atoms with Crippen molar-refractivity contribution in [3.63, 3.8) is 0 Å². The van der Waals surface area contributed by atoms with Gasteiger partial charge in [-0.1, -0.05) is 39.8 Å². The molecule has 1 N–H and O–H groups in total. The third-order valence-electron chi connectivity index (χ3n) is 8.23. The molecule has 0 atom stereocenters. The Balaban J connectivity index is 1.81. The van der Waals surface area contributed by atoms with Crippen molar-refractivity contribution < 1.29 is 23.8 Å². The molecule has 1 aliphatic rings. The lowest BCUT2D eigenvalue weighted by molar-refractivity contribution is 0.0696. The van der Waals surface area contributed by atoms with Crippen molar-refractivity contribution >= 4 is 33.7 Å². The lowest BCUT2D eigenvalue weighted by Crippen LogP contribution is -2.27. The number of carboxylic acid groups (broad SMARTS) is 1. The van der Waals surface area contributed by atoms with Gasteiger partial charge in [-0.3, -0.25) is 4.79 Å². The van der Waals surface area contributed by atoms with Crippen molar-refractivity contribution in [2.24, 2.45) is 5.41 Å². The highest BCUT2D eigenvalue weighted by molar-refractivity contribution is 6.10. The third kappa shape index (κ3) is 4.60. The number of nitrogens with zero attached hydrogens (tertiary/aromatic N) is 3. The van der Waals surface area contributed by atoms with Crippen LogP contribution in [0, 0.1) is 11.2 Å². The molecule has 0 bridgehead atoms. The van der Waals surface area contributed by atoms with Crippen LogP contribution >= 0.6 is 0 Å². The van der Waals surface area contributed by atoms with Crippen LogP contribution in [0.15, 0.2) is 60.8 Å². The molecule has 0 spiro atoms. The van der Waals surface area contributed by atoms with Gasteiger partial charge < -0.3 is 14.4 Å². The fourth-order valence-corrected chi connectivity index (χ4v) is 6.16. The van der Waals surface area contributed by atoms with Gasteiger partial charge in [-0.05, 0) is 67.3 Å². The lowest BCUT2D eigenvalue weighted by Gasteiger charge is -2.26. The van der Waals surface area contributed by atoms with E-state index in [0.29, 0.717) is 30.7 Å². The number of aromatic nitrogens is 3. The van der Waals surface area contributed by atoms with Crippen LogP contribution < -0.4 is 0 Å². The number of hydrogen-bond acceptors (Lipinski definition) is 4. The average Bonchev–Trinajstić information content (AvgIpc) is 3.54. The second-order valence-electron chi connectivity index (χ2n) is 12.0. The van der Waals surface area contributed by atoms with E-state index < -0.39 is 11.4 Å². The number of hydrogen-bond donors (Lipinski definition) is 1. The molecular weight excluding hydrogens is 533 g/mol. The predicted octanol–water partition coefficient (Wildman–Crippen LogP) is 7.63. The number of carbonyl (C=O) groups excluding carboxylic acids is 1. The summed E-state index contributed by atoms with van der Waals surface area (Å²) in [5.74, 6) is -1.42. The van der Waals surface area contributed by atoms with Gasteiger partial charge in [0, 0.05) is 57.8 Å². The first-order valence-corrected chi connectivity index (χ1v) is 14.4. The molecule has 2 aromatic heterocycles. The molecule has 0 saturated carbocycles. The summed E-state index contributed by atoms with van der Waals surface area (Å²) in [6, 6.07) is 15.8. The van der Waals surface area contributed by atoms with Crippen LogP contribution in [-0.2, 0) is 11.2 Å². The van der Waals surface area contributed by atoms with Gasteiger partial charge in [0.1, 0.15) is 5.82 Å². The standard InChI is InChI=1S/C34H34FN3O4/c1-5-20-7-6-8-25(32(39)40)29(20)30-26-18-27-22(19-36-38(27)33(41)34(2,3)4)17-28(26)37(24-11-9-23(35)10-12-24)31(30)21-13-15-42-16-14-21/h6-12,17-19,21H,5,13-16H2,1-4H3,(H,39,40). The number of benzene rings is 3. The maximum atomic E-state index is 14.1. The van der Waals surface area contributed by atoms with Crippen molar-refractivity contribution in [1.29, 1.82) is 0 Å². The number of aryl methyl sites for hydroxylation is 1. The number of ether oxygens (including phenoxy) is 1. The highest BCUT2D eigenvalue weighted by Gasteiger charge is 2.32. The van der Waals surface area contributed by atoms with E-state index in [9.17, 15) is 19.1 Å². The highest BCUT2D eigenvalue weighted by Crippen LogP contribution is 2.47. The van der Waals surface area contributed by atoms with Gasteiger partial charge in [0.05, 0.1) is 22.8 Å². The average molecular weight is 568 g/mol. The van der Waals surface area contributed by atoms with Crippen molar-refractivity contribution in [3.8, 4) is 16.8 Å². The first-order chi connectivity index (χ1) is 20.1. The Morgan fingerprint density at radius 2 is 1.74 bits per heavy atom. The van der Waals surface area contributed by atoms with Crippen LogP contribution in [0.25, 0.3) is 38.6 Å². The summed E-state index contributed by atoms with van der Waals surface area (Å²) in [5.41, 5.74) is 5.23. The molecule has 0 aliphatic carbocycles. The van der Waals surface area contributed by atoms with Crippen LogP contribution in [0.5, 0.6) is 0 Å². The van der Waals surface area contributed by atoms with Gasteiger partial charge in [0.15, 0.2) is 0 Å². The van der Waals surface area contributed by atoms with Crippen LogP contribution in [0.3, 0.4) is 0 Å². The van der Waals surface area contributed by atoms with Crippen LogP contribution in [0.4, 0.5) is 4.39 Å². The van der Waals surface area contributed by atoms with Crippen molar-refractivity contribution in [2.45, 2.75) is 52.9 Å². The summed E-state index contributed by atoms with van der Waals surface area (Å²) >= 11 is 0. The van der Waals surface area contributed by atoms with E-state index in [1.165, 1.54) is 16.8 Å². The Bertz CT molecular complexity index is 1840. The second-order valence-corrected chi connectivity index (χ2v) is 12.0. The normalized spacial score (nSPS) is 14.6. The molecule has 216 valence electrons. The molecular formula is C34H34FN3O4. The zero-order valence-electron chi connectivity index (χ0n) is 24.3. The summed E-state index contributed by atoms with van der Waals surface area (Å²) in [6.07, 6.45) is 3.85. The van der Waals surface area contributed by atoms with Crippen molar-refractivity contribution in [2.75, 3.05) is 13.2 Å². The molecule has 0 amide bonds. The van der Waals surface area contributed by atoms with E-state index in [4.69, 9.17) is 4.74 Å². The number of carbonyl (C=O) groups is 2. The van der Waals surface area contributed by atoms with Crippen LogP contribution in [-0.4, -0.2) is 44.5 Å². The zero-order chi connectivity index (χ0) is 29.8. The first kappa shape index (κ1) is 27.8. The summed E-state index contributed by atoms with van der Waals surface area (Å²) in [6.45, 7) is 8.78.